The van der Waals surface area contributed by atoms with Crippen molar-refractivity contribution in [2.75, 3.05) is 33.4 Å². The minimum atomic E-state index is 0.151. The smallest absolute Gasteiger partial charge is 0.226 e. The van der Waals surface area contributed by atoms with Crippen LogP contribution < -0.4 is 5.32 Å². The van der Waals surface area contributed by atoms with Gasteiger partial charge in [0.25, 0.3) is 0 Å². The molecule has 0 saturated carbocycles. The van der Waals surface area contributed by atoms with Crippen LogP contribution >= 0.6 is 0 Å². The second kappa shape index (κ2) is 6.68. The first kappa shape index (κ1) is 14.0. The molecule has 1 unspecified atom stereocenters. The minimum absolute atomic E-state index is 0.151. The first-order chi connectivity index (χ1) is 9.15. The Morgan fingerprint density at radius 1 is 1.53 bits per heavy atom. The van der Waals surface area contributed by atoms with Gasteiger partial charge in [-0.3, -0.25) is 4.79 Å². The molecule has 0 bridgehead atoms. The molecule has 19 heavy (non-hydrogen) atoms. The van der Waals surface area contributed by atoms with Crippen LogP contribution in [0.2, 0.25) is 0 Å². The molecule has 1 saturated heterocycles. The van der Waals surface area contributed by atoms with E-state index in [1.165, 1.54) is 5.56 Å². The average Bonchev–Trinajstić information content (AvgIpc) is 2.40. The number of carbonyl (C=O) groups excluding carboxylic acids is 1. The molecule has 1 heterocycles. The lowest BCUT2D eigenvalue weighted by Gasteiger charge is -2.28. The van der Waals surface area contributed by atoms with Crippen molar-refractivity contribution in [2.24, 2.45) is 0 Å². The summed E-state index contributed by atoms with van der Waals surface area (Å²) < 4.78 is 5.40. The average molecular weight is 262 g/mol. The molecule has 0 spiro atoms. The van der Waals surface area contributed by atoms with Crippen LogP contribution in [0.5, 0.6) is 0 Å². The summed E-state index contributed by atoms with van der Waals surface area (Å²) in [4.78, 5) is 13.9. The molecular formula is C15H22N2O2. The molecule has 1 aromatic carbocycles. The van der Waals surface area contributed by atoms with Crippen molar-refractivity contribution < 1.29 is 9.53 Å². The fraction of sp³-hybridized carbons (Fsp3) is 0.533. The van der Waals surface area contributed by atoms with Gasteiger partial charge in [0, 0.05) is 26.2 Å². The van der Waals surface area contributed by atoms with Crippen molar-refractivity contribution in [3.8, 4) is 0 Å². The highest BCUT2D eigenvalue weighted by molar-refractivity contribution is 5.78. The number of benzene rings is 1. The molecule has 2 rings (SSSR count). The van der Waals surface area contributed by atoms with Gasteiger partial charge in [-0.1, -0.05) is 29.8 Å². The lowest BCUT2D eigenvalue weighted by molar-refractivity contribution is -0.129. The predicted octanol–water partition coefficient (Wildman–Crippen LogP) is 0.984. The van der Waals surface area contributed by atoms with Crippen LogP contribution in [0.15, 0.2) is 24.3 Å². The number of aryl methyl sites for hydroxylation is 1. The maximum atomic E-state index is 12.2. The number of nitrogens with one attached hydrogen (secondary N) is 1. The van der Waals surface area contributed by atoms with Gasteiger partial charge in [-0.2, -0.15) is 0 Å². The van der Waals surface area contributed by atoms with Crippen LogP contribution in [0.4, 0.5) is 0 Å². The van der Waals surface area contributed by atoms with E-state index in [1.54, 1.807) is 4.90 Å². The lowest BCUT2D eigenvalue weighted by atomic mass is 10.1. The number of carbonyl (C=O) groups is 1. The summed E-state index contributed by atoms with van der Waals surface area (Å²) in [6, 6.07) is 8.35. The molecule has 1 N–H and O–H groups in total. The SMILES string of the molecule is Cc1cccc(CC(=O)N(C)CC2COCCN2)c1. The second-order valence-electron chi connectivity index (χ2n) is 5.17. The third-order valence-corrected chi connectivity index (χ3v) is 3.36. The Balaban J connectivity index is 1.84. The molecule has 1 atom stereocenters. The summed E-state index contributed by atoms with van der Waals surface area (Å²) in [7, 11) is 1.86. The van der Waals surface area contributed by atoms with Crippen molar-refractivity contribution in [3.05, 3.63) is 35.4 Å². The van der Waals surface area contributed by atoms with Crippen molar-refractivity contribution in [1.29, 1.82) is 0 Å². The number of rotatable bonds is 4. The van der Waals surface area contributed by atoms with Gasteiger partial charge in [-0.05, 0) is 12.5 Å². The zero-order valence-corrected chi connectivity index (χ0v) is 11.7. The zero-order chi connectivity index (χ0) is 13.7. The topological polar surface area (TPSA) is 41.6 Å². The van der Waals surface area contributed by atoms with Gasteiger partial charge < -0.3 is 15.0 Å². The highest BCUT2D eigenvalue weighted by atomic mass is 16.5. The standard InChI is InChI=1S/C15H22N2O2/c1-12-4-3-5-13(8-12)9-15(18)17(2)10-14-11-19-7-6-16-14/h3-5,8,14,16H,6-7,9-11H2,1-2H3. The fourth-order valence-corrected chi connectivity index (χ4v) is 2.30. The number of hydrogen-bond donors (Lipinski definition) is 1. The summed E-state index contributed by atoms with van der Waals surface area (Å²) in [5.41, 5.74) is 2.26. The minimum Gasteiger partial charge on any atom is -0.378 e. The molecule has 1 fully saturated rings. The van der Waals surface area contributed by atoms with E-state index in [2.05, 4.69) is 11.4 Å². The number of nitrogens with zero attached hydrogens (tertiary/aromatic N) is 1. The molecule has 0 radical (unpaired) electrons. The summed E-state index contributed by atoms with van der Waals surface area (Å²) in [6.45, 7) is 5.05. The lowest BCUT2D eigenvalue weighted by Crippen LogP contribution is -2.49. The van der Waals surface area contributed by atoms with Crippen LogP contribution in [-0.2, 0) is 16.0 Å². The molecule has 4 nitrogen and oxygen atoms in total. The van der Waals surface area contributed by atoms with E-state index in [0.717, 1.165) is 18.7 Å². The molecule has 1 aliphatic rings. The molecular weight excluding hydrogens is 240 g/mol. The van der Waals surface area contributed by atoms with Crippen molar-refractivity contribution >= 4 is 5.91 Å². The zero-order valence-electron chi connectivity index (χ0n) is 11.7. The Labute approximate surface area is 114 Å². The van der Waals surface area contributed by atoms with E-state index < -0.39 is 0 Å². The number of likely N-dealkylation sites (N-methyl/N-ethyl adjacent to an activating group) is 1. The van der Waals surface area contributed by atoms with Crippen LogP contribution in [0.1, 0.15) is 11.1 Å². The third kappa shape index (κ3) is 4.33. The quantitative estimate of drug-likeness (QED) is 0.879. The Kier molecular flexibility index (Phi) is 4.93. The molecule has 1 aromatic rings. The second-order valence-corrected chi connectivity index (χ2v) is 5.17. The molecule has 4 heteroatoms. The number of ether oxygens (including phenoxy) is 1. The third-order valence-electron chi connectivity index (χ3n) is 3.36. The van der Waals surface area contributed by atoms with E-state index in [1.807, 2.05) is 32.2 Å². The Hall–Kier alpha value is -1.39. The number of morpholine rings is 1. The van der Waals surface area contributed by atoms with Crippen LogP contribution in [-0.4, -0.2) is 50.2 Å². The Morgan fingerprint density at radius 3 is 3.05 bits per heavy atom. The number of amides is 1. The predicted molar refractivity (Wildman–Crippen MR) is 75.1 cm³/mol. The molecule has 1 aliphatic heterocycles. The first-order valence-corrected chi connectivity index (χ1v) is 6.76. The molecule has 104 valence electrons. The summed E-state index contributed by atoms with van der Waals surface area (Å²) in [5, 5.41) is 3.36. The van der Waals surface area contributed by atoms with E-state index in [-0.39, 0.29) is 11.9 Å². The van der Waals surface area contributed by atoms with Crippen molar-refractivity contribution in [1.82, 2.24) is 10.2 Å². The van der Waals surface area contributed by atoms with Crippen molar-refractivity contribution in [3.63, 3.8) is 0 Å². The van der Waals surface area contributed by atoms with E-state index in [9.17, 15) is 4.79 Å². The maximum absolute atomic E-state index is 12.2. The van der Waals surface area contributed by atoms with Crippen LogP contribution in [0.25, 0.3) is 0 Å². The van der Waals surface area contributed by atoms with Gasteiger partial charge in [-0.25, -0.2) is 0 Å². The van der Waals surface area contributed by atoms with E-state index >= 15 is 0 Å². The maximum Gasteiger partial charge on any atom is 0.226 e. The monoisotopic (exact) mass is 262 g/mol. The summed E-state index contributed by atoms with van der Waals surface area (Å²) in [6.07, 6.45) is 0.464. The highest BCUT2D eigenvalue weighted by Gasteiger charge is 2.18. The van der Waals surface area contributed by atoms with Crippen molar-refractivity contribution in [2.45, 2.75) is 19.4 Å². The Bertz CT molecular complexity index is 428. The normalized spacial score (nSPS) is 19.2. The van der Waals surface area contributed by atoms with Crippen LogP contribution in [0.3, 0.4) is 0 Å². The number of hydrogen-bond acceptors (Lipinski definition) is 3. The summed E-state index contributed by atoms with van der Waals surface area (Å²) >= 11 is 0. The van der Waals surface area contributed by atoms with Crippen LogP contribution in [0, 0.1) is 6.92 Å². The van der Waals surface area contributed by atoms with Gasteiger partial charge in [0.15, 0.2) is 0 Å². The van der Waals surface area contributed by atoms with E-state index in [4.69, 9.17) is 4.74 Å². The molecule has 0 aliphatic carbocycles. The van der Waals surface area contributed by atoms with Gasteiger partial charge >= 0.3 is 0 Å². The van der Waals surface area contributed by atoms with E-state index in [0.29, 0.717) is 19.6 Å². The largest absolute Gasteiger partial charge is 0.378 e. The fourth-order valence-electron chi connectivity index (χ4n) is 2.30. The van der Waals surface area contributed by atoms with Gasteiger partial charge in [-0.15, -0.1) is 0 Å². The van der Waals surface area contributed by atoms with Gasteiger partial charge in [0.05, 0.1) is 19.6 Å². The first-order valence-electron chi connectivity index (χ1n) is 6.76. The Morgan fingerprint density at radius 2 is 2.37 bits per heavy atom. The molecule has 0 aromatic heterocycles. The van der Waals surface area contributed by atoms with Gasteiger partial charge in [0.2, 0.25) is 5.91 Å². The molecule has 1 amide bonds. The summed E-state index contributed by atoms with van der Waals surface area (Å²) in [5.74, 6) is 0.151. The van der Waals surface area contributed by atoms with Gasteiger partial charge in [0.1, 0.15) is 0 Å². The highest BCUT2D eigenvalue weighted by Crippen LogP contribution is 2.06.